The largest absolute Gasteiger partial charge is 0.465 e. The Labute approximate surface area is 155 Å². The molecule has 0 fully saturated rings. The number of benzene rings is 2. The summed E-state index contributed by atoms with van der Waals surface area (Å²) in [6.45, 7) is 1.67. The second-order valence-electron chi connectivity index (χ2n) is 5.99. The summed E-state index contributed by atoms with van der Waals surface area (Å²) in [7, 11) is 2.98. The number of nitrogens with zero attached hydrogens (tertiary/aromatic N) is 2. The number of ether oxygens (including phenoxy) is 1. The van der Waals surface area contributed by atoms with E-state index in [-0.39, 0.29) is 17.1 Å². The lowest BCUT2D eigenvalue weighted by molar-refractivity contribution is 0.0602. The van der Waals surface area contributed by atoms with Gasteiger partial charge in [-0.05, 0) is 48.9 Å². The number of anilines is 1. The van der Waals surface area contributed by atoms with E-state index < -0.39 is 11.9 Å². The number of aromatic nitrogens is 2. The highest BCUT2D eigenvalue weighted by Gasteiger charge is 2.18. The average Bonchev–Trinajstić information content (AvgIpc) is 3.05. The summed E-state index contributed by atoms with van der Waals surface area (Å²) in [6.07, 6.45) is 0. The van der Waals surface area contributed by atoms with Gasteiger partial charge in [-0.15, -0.1) is 0 Å². The van der Waals surface area contributed by atoms with E-state index in [1.807, 2.05) is 0 Å². The number of carbonyl (C=O) groups excluding carboxylic acids is 2. The Hall–Kier alpha value is -3.48. The summed E-state index contributed by atoms with van der Waals surface area (Å²) in [5.74, 6) is -1.31. The molecule has 1 N–H and O–H groups in total. The molecule has 0 saturated carbocycles. The van der Waals surface area contributed by atoms with Crippen molar-refractivity contribution in [2.45, 2.75) is 6.92 Å². The normalized spacial score (nSPS) is 10.5. The quantitative estimate of drug-likeness (QED) is 0.716. The summed E-state index contributed by atoms with van der Waals surface area (Å²) in [6, 6.07) is 12.9. The third-order valence-electron chi connectivity index (χ3n) is 4.15. The van der Waals surface area contributed by atoms with Crippen LogP contribution in [0.2, 0.25) is 0 Å². The van der Waals surface area contributed by atoms with Gasteiger partial charge in [-0.1, -0.05) is 12.1 Å². The van der Waals surface area contributed by atoms with Gasteiger partial charge in [0.2, 0.25) is 0 Å². The van der Waals surface area contributed by atoms with Crippen LogP contribution in [-0.4, -0.2) is 28.8 Å². The van der Waals surface area contributed by atoms with Crippen LogP contribution in [-0.2, 0) is 11.8 Å². The number of aryl methyl sites for hydroxylation is 2. The van der Waals surface area contributed by atoms with Crippen LogP contribution < -0.4 is 5.32 Å². The molecule has 27 heavy (non-hydrogen) atoms. The standard InChI is InChI=1S/C20H18FN3O3/c1-12-10-13(8-9-15(12)21)18-11-17(23-24(18)2)19(25)22-16-7-5-4-6-14(16)20(26)27-3/h4-11H,1-3H3,(H,22,25). The van der Waals surface area contributed by atoms with Crippen molar-refractivity contribution < 1.29 is 18.7 Å². The topological polar surface area (TPSA) is 73.2 Å². The molecular formula is C20H18FN3O3. The molecule has 0 unspecified atom stereocenters. The summed E-state index contributed by atoms with van der Waals surface area (Å²) < 4.78 is 19.8. The third kappa shape index (κ3) is 3.72. The lowest BCUT2D eigenvalue weighted by atomic mass is 10.1. The van der Waals surface area contributed by atoms with Crippen molar-refractivity contribution in [1.82, 2.24) is 9.78 Å². The monoisotopic (exact) mass is 367 g/mol. The first kappa shape index (κ1) is 18.3. The molecule has 0 spiro atoms. The van der Waals surface area contributed by atoms with Crippen LogP contribution in [0.1, 0.15) is 26.4 Å². The summed E-state index contributed by atoms with van der Waals surface area (Å²) in [4.78, 5) is 24.4. The van der Waals surface area contributed by atoms with Gasteiger partial charge >= 0.3 is 5.97 Å². The van der Waals surface area contributed by atoms with Crippen LogP contribution >= 0.6 is 0 Å². The summed E-state index contributed by atoms with van der Waals surface area (Å²) in [5, 5.41) is 6.90. The second-order valence-corrected chi connectivity index (χ2v) is 5.99. The molecule has 0 aliphatic heterocycles. The maximum absolute atomic E-state index is 13.5. The molecule has 0 aliphatic rings. The third-order valence-corrected chi connectivity index (χ3v) is 4.15. The first-order valence-corrected chi connectivity index (χ1v) is 8.20. The van der Waals surface area contributed by atoms with Gasteiger partial charge in [-0.2, -0.15) is 5.10 Å². The minimum atomic E-state index is -0.547. The Morgan fingerprint density at radius 2 is 1.89 bits per heavy atom. The maximum Gasteiger partial charge on any atom is 0.339 e. The van der Waals surface area contributed by atoms with Gasteiger partial charge < -0.3 is 10.1 Å². The van der Waals surface area contributed by atoms with E-state index in [4.69, 9.17) is 4.74 Å². The van der Waals surface area contributed by atoms with E-state index in [0.29, 0.717) is 16.9 Å². The molecule has 0 radical (unpaired) electrons. The average molecular weight is 367 g/mol. The fraction of sp³-hybridized carbons (Fsp3) is 0.150. The zero-order valence-electron chi connectivity index (χ0n) is 15.1. The highest BCUT2D eigenvalue weighted by molar-refractivity contribution is 6.07. The predicted molar refractivity (Wildman–Crippen MR) is 99.1 cm³/mol. The zero-order chi connectivity index (χ0) is 19.6. The Morgan fingerprint density at radius 3 is 2.59 bits per heavy atom. The lowest BCUT2D eigenvalue weighted by Gasteiger charge is -2.08. The van der Waals surface area contributed by atoms with E-state index in [1.165, 1.54) is 13.2 Å². The van der Waals surface area contributed by atoms with Gasteiger partial charge in [-0.25, -0.2) is 9.18 Å². The Bertz CT molecular complexity index is 1030. The SMILES string of the molecule is COC(=O)c1ccccc1NC(=O)c1cc(-c2ccc(F)c(C)c2)n(C)n1. The van der Waals surface area contributed by atoms with E-state index in [2.05, 4.69) is 10.4 Å². The van der Waals surface area contributed by atoms with Gasteiger partial charge in [0, 0.05) is 12.6 Å². The molecule has 0 bridgehead atoms. The predicted octanol–water partition coefficient (Wildman–Crippen LogP) is 3.57. The fourth-order valence-electron chi connectivity index (χ4n) is 2.72. The lowest BCUT2D eigenvalue weighted by Crippen LogP contribution is -2.16. The molecule has 2 aromatic carbocycles. The number of para-hydroxylation sites is 1. The smallest absolute Gasteiger partial charge is 0.339 e. The van der Waals surface area contributed by atoms with Crippen LogP contribution in [0.5, 0.6) is 0 Å². The number of carbonyl (C=O) groups is 2. The van der Waals surface area contributed by atoms with Crippen molar-refractivity contribution in [2.24, 2.45) is 7.05 Å². The van der Waals surface area contributed by atoms with Crippen molar-refractivity contribution >= 4 is 17.6 Å². The second kappa shape index (κ2) is 7.41. The summed E-state index contributed by atoms with van der Waals surface area (Å²) in [5.41, 5.74) is 2.68. The number of rotatable bonds is 4. The molecule has 0 saturated heterocycles. The first-order chi connectivity index (χ1) is 12.9. The van der Waals surface area contributed by atoms with Crippen LogP contribution in [0.3, 0.4) is 0 Å². The molecule has 138 valence electrons. The molecule has 1 aromatic heterocycles. The number of hydrogen-bond acceptors (Lipinski definition) is 4. The molecule has 0 aliphatic carbocycles. The van der Waals surface area contributed by atoms with Gasteiger partial charge in [0.15, 0.2) is 5.69 Å². The number of hydrogen-bond donors (Lipinski definition) is 1. The number of esters is 1. The van der Waals surface area contributed by atoms with E-state index in [0.717, 1.165) is 5.56 Å². The van der Waals surface area contributed by atoms with Crippen molar-refractivity contribution in [3.8, 4) is 11.3 Å². The maximum atomic E-state index is 13.5. The van der Waals surface area contributed by atoms with Crippen LogP contribution in [0.25, 0.3) is 11.3 Å². The van der Waals surface area contributed by atoms with Crippen molar-refractivity contribution in [2.75, 3.05) is 12.4 Å². The van der Waals surface area contributed by atoms with Crippen LogP contribution in [0, 0.1) is 12.7 Å². The fourth-order valence-corrected chi connectivity index (χ4v) is 2.72. The van der Waals surface area contributed by atoms with Crippen LogP contribution in [0.4, 0.5) is 10.1 Å². The molecular weight excluding hydrogens is 349 g/mol. The molecule has 3 rings (SSSR count). The zero-order valence-corrected chi connectivity index (χ0v) is 15.1. The summed E-state index contributed by atoms with van der Waals surface area (Å²) >= 11 is 0. The number of amides is 1. The molecule has 3 aromatic rings. The molecule has 1 amide bonds. The highest BCUT2D eigenvalue weighted by Crippen LogP contribution is 2.23. The highest BCUT2D eigenvalue weighted by atomic mass is 19.1. The van der Waals surface area contributed by atoms with Crippen molar-refractivity contribution in [3.63, 3.8) is 0 Å². The van der Waals surface area contributed by atoms with Crippen molar-refractivity contribution in [3.05, 3.63) is 71.2 Å². The van der Waals surface area contributed by atoms with Crippen LogP contribution in [0.15, 0.2) is 48.5 Å². The minimum absolute atomic E-state index is 0.175. The Kier molecular flexibility index (Phi) is 5.03. The molecule has 1 heterocycles. The Morgan fingerprint density at radius 1 is 1.15 bits per heavy atom. The van der Waals surface area contributed by atoms with E-state index in [9.17, 15) is 14.0 Å². The van der Waals surface area contributed by atoms with Gasteiger partial charge in [-0.3, -0.25) is 9.48 Å². The van der Waals surface area contributed by atoms with E-state index in [1.54, 1.807) is 61.1 Å². The minimum Gasteiger partial charge on any atom is -0.465 e. The number of methoxy groups -OCH3 is 1. The van der Waals surface area contributed by atoms with Gasteiger partial charge in [0.25, 0.3) is 5.91 Å². The molecule has 0 atom stereocenters. The number of halogens is 1. The van der Waals surface area contributed by atoms with Gasteiger partial charge in [0.05, 0.1) is 24.1 Å². The molecule has 7 heteroatoms. The van der Waals surface area contributed by atoms with E-state index >= 15 is 0 Å². The Balaban J connectivity index is 1.89. The van der Waals surface area contributed by atoms with Crippen molar-refractivity contribution in [1.29, 1.82) is 0 Å². The molecule has 6 nitrogen and oxygen atoms in total. The first-order valence-electron chi connectivity index (χ1n) is 8.20. The number of nitrogens with one attached hydrogen (secondary N) is 1. The van der Waals surface area contributed by atoms with Gasteiger partial charge in [0.1, 0.15) is 5.82 Å².